The predicted octanol–water partition coefficient (Wildman–Crippen LogP) is 0.291. The van der Waals surface area contributed by atoms with Crippen LogP contribution in [0.5, 0.6) is 0 Å². The molecule has 1 saturated carbocycles. The maximum atomic E-state index is 12.3. The van der Waals surface area contributed by atoms with Crippen LogP contribution in [0.1, 0.15) is 19.8 Å². The molecule has 1 N–H and O–H groups in total. The average Bonchev–Trinajstić information content (AvgIpc) is 3.12. The number of likely N-dealkylation sites (N-methyl/N-ethyl adjacent to an activating group) is 1. The summed E-state index contributed by atoms with van der Waals surface area (Å²) in [7, 11) is 2.04. The molecule has 2 fully saturated rings. The molecule has 2 aliphatic rings. The minimum absolute atomic E-state index is 0.111. The molecule has 1 atom stereocenters. The lowest BCUT2D eigenvalue weighted by molar-refractivity contribution is -0.137. The van der Waals surface area contributed by atoms with E-state index < -0.39 is 5.97 Å². The molecular weight excluding hydrogens is 234 g/mol. The van der Waals surface area contributed by atoms with Gasteiger partial charge in [0, 0.05) is 31.7 Å². The molecule has 1 aliphatic heterocycles. The Morgan fingerprint density at radius 1 is 1.33 bits per heavy atom. The Kier molecular flexibility index (Phi) is 3.75. The molecule has 2 rings (SSSR count). The fourth-order valence-electron chi connectivity index (χ4n) is 2.29. The van der Waals surface area contributed by atoms with Crippen molar-refractivity contribution >= 4 is 12.0 Å². The summed E-state index contributed by atoms with van der Waals surface area (Å²) in [5, 5.41) is 8.88. The van der Waals surface area contributed by atoms with E-state index in [4.69, 9.17) is 5.11 Å². The molecule has 1 aliphatic carbocycles. The van der Waals surface area contributed by atoms with Gasteiger partial charge in [-0.2, -0.15) is 0 Å². The molecular formula is C12H21N3O3. The maximum absolute atomic E-state index is 12.3. The van der Waals surface area contributed by atoms with Gasteiger partial charge in [0.15, 0.2) is 0 Å². The number of nitrogens with zero attached hydrogens (tertiary/aromatic N) is 3. The molecule has 0 aromatic heterocycles. The highest BCUT2D eigenvalue weighted by atomic mass is 16.4. The van der Waals surface area contributed by atoms with E-state index in [2.05, 4.69) is 11.8 Å². The van der Waals surface area contributed by atoms with Crippen molar-refractivity contribution in [3.63, 3.8) is 0 Å². The third kappa shape index (κ3) is 2.93. The van der Waals surface area contributed by atoms with E-state index in [1.165, 1.54) is 4.90 Å². The van der Waals surface area contributed by atoms with Gasteiger partial charge < -0.3 is 19.8 Å². The number of piperazine rings is 1. The van der Waals surface area contributed by atoms with Crippen molar-refractivity contribution in [2.24, 2.45) is 0 Å². The van der Waals surface area contributed by atoms with Gasteiger partial charge in [-0.1, -0.05) is 0 Å². The number of rotatable bonds is 3. The zero-order chi connectivity index (χ0) is 13.3. The second kappa shape index (κ2) is 5.14. The summed E-state index contributed by atoms with van der Waals surface area (Å²) >= 11 is 0. The maximum Gasteiger partial charge on any atom is 0.323 e. The van der Waals surface area contributed by atoms with Crippen molar-refractivity contribution in [3.8, 4) is 0 Å². The molecule has 0 aromatic rings. The van der Waals surface area contributed by atoms with Gasteiger partial charge in [0.05, 0.1) is 0 Å². The van der Waals surface area contributed by atoms with E-state index in [0.717, 1.165) is 19.4 Å². The Morgan fingerprint density at radius 3 is 2.50 bits per heavy atom. The normalized spacial score (nSPS) is 25.0. The number of carbonyl (C=O) groups excluding carboxylic acids is 1. The Bertz CT molecular complexity index is 343. The van der Waals surface area contributed by atoms with Gasteiger partial charge in [-0.25, -0.2) is 4.79 Å². The van der Waals surface area contributed by atoms with Crippen LogP contribution in [-0.4, -0.2) is 77.1 Å². The number of amides is 2. The fourth-order valence-corrected chi connectivity index (χ4v) is 2.29. The van der Waals surface area contributed by atoms with Gasteiger partial charge in [0.25, 0.3) is 0 Å². The molecule has 1 unspecified atom stereocenters. The van der Waals surface area contributed by atoms with Gasteiger partial charge in [-0.15, -0.1) is 0 Å². The summed E-state index contributed by atoms with van der Waals surface area (Å²) in [6.45, 7) is 4.11. The number of hydrogen-bond acceptors (Lipinski definition) is 3. The van der Waals surface area contributed by atoms with Crippen LogP contribution >= 0.6 is 0 Å². The molecule has 0 spiro atoms. The van der Waals surface area contributed by atoms with Crippen molar-refractivity contribution in [2.45, 2.75) is 31.8 Å². The topological polar surface area (TPSA) is 64.1 Å². The standard InChI is InChI=1S/C12H21N3O3/c1-9-7-14(6-5-13(9)2)12(18)15(8-11(16)17)10-3-4-10/h9-10H,3-8H2,1-2H3,(H,16,17). The summed E-state index contributed by atoms with van der Waals surface area (Å²) in [6, 6.07) is 0.358. The van der Waals surface area contributed by atoms with E-state index in [0.29, 0.717) is 19.1 Å². The highest BCUT2D eigenvalue weighted by Crippen LogP contribution is 2.28. The molecule has 102 valence electrons. The van der Waals surface area contributed by atoms with Gasteiger partial charge >= 0.3 is 12.0 Å². The van der Waals surface area contributed by atoms with Gasteiger partial charge in [-0.3, -0.25) is 4.79 Å². The molecule has 1 saturated heterocycles. The summed E-state index contributed by atoms with van der Waals surface area (Å²) in [5.74, 6) is -0.933. The molecule has 18 heavy (non-hydrogen) atoms. The zero-order valence-corrected chi connectivity index (χ0v) is 11.0. The number of carboxylic acid groups (broad SMARTS) is 1. The summed E-state index contributed by atoms with van der Waals surface area (Å²) in [5.41, 5.74) is 0. The molecule has 0 radical (unpaired) electrons. The fraction of sp³-hybridized carbons (Fsp3) is 0.833. The molecule has 2 amide bonds. The highest BCUT2D eigenvalue weighted by molar-refractivity contribution is 5.81. The van der Waals surface area contributed by atoms with Gasteiger partial charge in [0.2, 0.25) is 0 Å². The van der Waals surface area contributed by atoms with Crippen molar-refractivity contribution in [1.29, 1.82) is 0 Å². The number of carboxylic acids is 1. The largest absolute Gasteiger partial charge is 0.480 e. The molecule has 6 heteroatoms. The van der Waals surface area contributed by atoms with Crippen LogP contribution in [0, 0.1) is 0 Å². The number of hydrogen-bond donors (Lipinski definition) is 1. The van der Waals surface area contributed by atoms with Crippen LogP contribution < -0.4 is 0 Å². The predicted molar refractivity (Wildman–Crippen MR) is 66.4 cm³/mol. The zero-order valence-electron chi connectivity index (χ0n) is 11.0. The van der Waals surface area contributed by atoms with Gasteiger partial charge in [0.1, 0.15) is 6.54 Å². The Labute approximate surface area is 107 Å². The van der Waals surface area contributed by atoms with Crippen LogP contribution in [0.3, 0.4) is 0 Å². The van der Waals surface area contributed by atoms with Gasteiger partial charge in [-0.05, 0) is 26.8 Å². The lowest BCUT2D eigenvalue weighted by Crippen LogP contribution is -2.56. The lowest BCUT2D eigenvalue weighted by Gasteiger charge is -2.39. The first kappa shape index (κ1) is 13.1. The lowest BCUT2D eigenvalue weighted by atomic mass is 10.2. The Balaban J connectivity index is 1.97. The third-order valence-electron chi connectivity index (χ3n) is 3.77. The van der Waals surface area contributed by atoms with Crippen LogP contribution in [0.25, 0.3) is 0 Å². The van der Waals surface area contributed by atoms with Crippen molar-refractivity contribution < 1.29 is 14.7 Å². The SMILES string of the molecule is CC1CN(C(=O)N(CC(=O)O)C2CC2)CCN1C. The van der Waals surface area contributed by atoms with Crippen molar-refractivity contribution in [3.05, 3.63) is 0 Å². The summed E-state index contributed by atoms with van der Waals surface area (Å²) in [4.78, 5) is 28.7. The average molecular weight is 255 g/mol. The minimum atomic E-state index is -0.933. The first-order chi connectivity index (χ1) is 8.49. The number of urea groups is 1. The molecule has 0 bridgehead atoms. The van der Waals surface area contributed by atoms with E-state index in [-0.39, 0.29) is 18.6 Å². The smallest absolute Gasteiger partial charge is 0.323 e. The summed E-state index contributed by atoms with van der Waals surface area (Å²) in [6.07, 6.45) is 1.87. The van der Waals surface area contributed by atoms with Crippen LogP contribution in [0.4, 0.5) is 4.79 Å². The van der Waals surface area contributed by atoms with E-state index in [1.54, 1.807) is 4.90 Å². The van der Waals surface area contributed by atoms with Crippen molar-refractivity contribution in [2.75, 3.05) is 33.2 Å². The second-order valence-corrected chi connectivity index (χ2v) is 5.31. The second-order valence-electron chi connectivity index (χ2n) is 5.31. The van der Waals surface area contributed by atoms with Crippen LogP contribution in [0.15, 0.2) is 0 Å². The first-order valence-electron chi connectivity index (χ1n) is 6.46. The van der Waals surface area contributed by atoms with Crippen molar-refractivity contribution in [1.82, 2.24) is 14.7 Å². The molecule has 1 heterocycles. The molecule has 0 aromatic carbocycles. The number of aliphatic carboxylic acids is 1. The molecule has 6 nitrogen and oxygen atoms in total. The van der Waals surface area contributed by atoms with Crippen LogP contribution in [-0.2, 0) is 4.79 Å². The van der Waals surface area contributed by atoms with Crippen LogP contribution in [0.2, 0.25) is 0 Å². The number of carbonyl (C=O) groups is 2. The van der Waals surface area contributed by atoms with E-state index in [1.807, 2.05) is 7.05 Å². The monoisotopic (exact) mass is 255 g/mol. The van der Waals surface area contributed by atoms with E-state index >= 15 is 0 Å². The summed E-state index contributed by atoms with van der Waals surface area (Å²) < 4.78 is 0. The highest BCUT2D eigenvalue weighted by Gasteiger charge is 2.37. The Hall–Kier alpha value is -1.30. The first-order valence-corrected chi connectivity index (χ1v) is 6.46. The third-order valence-corrected chi connectivity index (χ3v) is 3.77. The Morgan fingerprint density at radius 2 is 2.00 bits per heavy atom. The van der Waals surface area contributed by atoms with E-state index in [9.17, 15) is 9.59 Å². The minimum Gasteiger partial charge on any atom is -0.480 e. The quantitative estimate of drug-likeness (QED) is 0.787.